The molecule has 5 heterocycles. The van der Waals surface area contributed by atoms with E-state index < -0.39 is 5.82 Å². The first-order valence-electron chi connectivity index (χ1n) is 17.8. The number of aliphatic hydroxyl groups excluding tert-OH is 1. The zero-order chi connectivity index (χ0) is 36.0. The van der Waals surface area contributed by atoms with Gasteiger partial charge in [0, 0.05) is 81.6 Å². The number of pyridine rings is 2. The molecule has 2 aliphatic heterocycles. The maximum Gasteiger partial charge on any atom is 0.274 e. The van der Waals surface area contributed by atoms with E-state index in [1.54, 1.807) is 19.3 Å². The number of likely N-dealkylation sites (N-methyl/N-ethyl adjacent to an activating group) is 1. The zero-order valence-electron chi connectivity index (χ0n) is 30.2. The van der Waals surface area contributed by atoms with E-state index in [0.29, 0.717) is 59.1 Å². The number of carbonyl (C=O) groups excluding carboxylic acids is 1. The second kappa shape index (κ2) is 13.9. The Morgan fingerprint density at radius 2 is 1.96 bits per heavy atom. The van der Waals surface area contributed by atoms with Crippen molar-refractivity contribution in [1.82, 2.24) is 19.0 Å². The lowest BCUT2D eigenvalue weighted by Crippen LogP contribution is -2.60. The third kappa shape index (κ3) is 6.92. The van der Waals surface area contributed by atoms with Crippen molar-refractivity contribution in [2.24, 2.45) is 12.5 Å². The van der Waals surface area contributed by atoms with Crippen molar-refractivity contribution in [1.29, 1.82) is 0 Å². The van der Waals surface area contributed by atoms with E-state index in [0.717, 1.165) is 57.7 Å². The summed E-state index contributed by atoms with van der Waals surface area (Å²) in [5.74, 6) is 0.0564. The van der Waals surface area contributed by atoms with Gasteiger partial charge in [-0.15, -0.1) is 0 Å². The lowest BCUT2D eigenvalue weighted by molar-refractivity contribution is -0.0792. The average molecular weight is 698 g/mol. The predicted octanol–water partition coefficient (Wildman–Crippen LogP) is 4.61. The van der Waals surface area contributed by atoms with Crippen LogP contribution in [-0.4, -0.2) is 88.9 Å². The van der Waals surface area contributed by atoms with Crippen LogP contribution in [0.3, 0.4) is 0 Å². The maximum absolute atomic E-state index is 15.3. The number of nitrogens with zero attached hydrogens (tertiary/aromatic N) is 6. The van der Waals surface area contributed by atoms with Crippen LogP contribution in [0.1, 0.15) is 48.1 Å². The first kappa shape index (κ1) is 34.9. The van der Waals surface area contributed by atoms with Crippen molar-refractivity contribution >= 4 is 29.2 Å². The van der Waals surface area contributed by atoms with Gasteiger partial charge in [0.25, 0.3) is 5.56 Å². The summed E-state index contributed by atoms with van der Waals surface area (Å²) in [5.41, 5.74) is 6.37. The first-order chi connectivity index (χ1) is 24.4. The lowest BCUT2D eigenvalue weighted by Gasteiger charge is -2.47. The molecule has 0 spiro atoms. The number of aldehydes is 1. The third-order valence-corrected chi connectivity index (χ3v) is 10.8. The minimum atomic E-state index is -0.460. The van der Waals surface area contributed by atoms with Crippen LogP contribution in [0, 0.1) is 11.2 Å². The van der Waals surface area contributed by atoms with E-state index in [2.05, 4.69) is 45.4 Å². The molecule has 0 radical (unpaired) electrons. The number of ether oxygens (including phenoxy) is 1. The molecule has 0 amide bonds. The predicted molar refractivity (Wildman–Crippen MR) is 198 cm³/mol. The highest BCUT2D eigenvalue weighted by molar-refractivity contribution is 5.77. The van der Waals surface area contributed by atoms with Gasteiger partial charge in [0.15, 0.2) is 6.29 Å². The third-order valence-electron chi connectivity index (χ3n) is 10.8. The number of hydrogen-bond acceptors (Lipinski definition) is 9. The van der Waals surface area contributed by atoms with E-state index in [4.69, 9.17) is 4.74 Å². The monoisotopic (exact) mass is 697 g/mol. The topological polar surface area (TPSA) is 108 Å². The largest absolute Gasteiger partial charge is 0.392 e. The minimum Gasteiger partial charge on any atom is -0.392 e. The fourth-order valence-corrected chi connectivity index (χ4v) is 8.08. The number of nitrogens with one attached hydrogen (secondary N) is 1. The molecule has 2 N–H and O–H groups in total. The summed E-state index contributed by atoms with van der Waals surface area (Å²) in [7, 11) is 3.51. The molecule has 1 aromatic carbocycles. The molecular formula is C39H48FN7O4. The molecule has 1 atom stereocenters. The molecule has 11 nitrogen and oxygen atoms in total. The summed E-state index contributed by atoms with van der Waals surface area (Å²) in [6.07, 6.45) is 6.20. The summed E-state index contributed by atoms with van der Waals surface area (Å²) in [6.45, 7) is 11.8. The maximum atomic E-state index is 15.3. The summed E-state index contributed by atoms with van der Waals surface area (Å²) in [4.78, 5) is 36.6. The molecule has 0 saturated carbocycles. The van der Waals surface area contributed by atoms with Crippen molar-refractivity contribution in [2.75, 3.05) is 61.6 Å². The summed E-state index contributed by atoms with van der Waals surface area (Å²) >= 11 is 0. The molecule has 3 aliphatic rings. The molecule has 2 saturated heterocycles. The van der Waals surface area contributed by atoms with Gasteiger partial charge in [0.1, 0.15) is 17.3 Å². The standard InChI is InChI=1S/C39H48FN7O4/c1-25-19-45(9-11-46(25)31-23-51-24-31)29-6-7-37(41-18-29)42-34-13-27(20-44(5)38(34)50)32-14-28(40)15-35(33(32)22-49)43(4)8-10-47-30(21-48)12-26-16-39(2,3)17-36(26)47/h6-7,12-15,18,20-21,25,31,49H,8-11,16-17,19,22-24H2,1-5H3,(H,41,42)/t25-/m1/s1. The normalized spacial score (nSPS) is 18.8. The Kier molecular flexibility index (Phi) is 9.51. The number of aryl methyl sites for hydroxylation is 1. The van der Waals surface area contributed by atoms with E-state index in [1.165, 1.54) is 28.0 Å². The quantitative estimate of drug-likeness (QED) is 0.218. The Morgan fingerprint density at radius 3 is 2.63 bits per heavy atom. The Labute approximate surface area is 298 Å². The molecule has 0 bridgehead atoms. The average Bonchev–Trinajstić information content (AvgIpc) is 3.56. The van der Waals surface area contributed by atoms with Crippen LogP contribution < -0.4 is 20.7 Å². The molecule has 1 aliphatic carbocycles. The highest BCUT2D eigenvalue weighted by atomic mass is 19.1. The first-order valence-corrected chi connectivity index (χ1v) is 17.8. The summed E-state index contributed by atoms with van der Waals surface area (Å²) in [5, 5.41) is 13.8. The number of halogens is 1. The minimum absolute atomic E-state index is 0.143. The number of aliphatic hydroxyl groups is 1. The molecular weight excluding hydrogens is 649 g/mol. The lowest BCUT2D eigenvalue weighted by atomic mass is 9.90. The van der Waals surface area contributed by atoms with E-state index >= 15 is 4.39 Å². The molecule has 7 rings (SSSR count). The van der Waals surface area contributed by atoms with Gasteiger partial charge >= 0.3 is 0 Å². The van der Waals surface area contributed by atoms with Gasteiger partial charge in [0.2, 0.25) is 0 Å². The number of aromatic nitrogens is 3. The second-order valence-corrected chi connectivity index (χ2v) is 15.2. The number of piperazine rings is 1. The summed E-state index contributed by atoms with van der Waals surface area (Å²) < 4.78 is 24.3. The Bertz CT molecular complexity index is 1980. The number of rotatable bonds is 11. The number of fused-ring (bicyclic) bond motifs is 1. The molecule has 12 heteroatoms. The fraction of sp³-hybridized carbons (Fsp3) is 0.462. The Morgan fingerprint density at radius 1 is 1.16 bits per heavy atom. The molecule has 0 unspecified atom stereocenters. The Balaban J connectivity index is 1.10. The molecule has 51 heavy (non-hydrogen) atoms. The number of benzene rings is 1. The highest BCUT2D eigenvalue weighted by Crippen LogP contribution is 2.38. The van der Waals surface area contributed by atoms with E-state index in [9.17, 15) is 14.7 Å². The van der Waals surface area contributed by atoms with Crippen molar-refractivity contribution in [3.8, 4) is 11.1 Å². The fourth-order valence-electron chi connectivity index (χ4n) is 8.08. The number of anilines is 4. The SMILES string of the molecule is C[C@@H]1CN(c2ccc(Nc3cc(-c4cc(F)cc(N(C)CCn5c(C=O)cc6c5CC(C)(C)C6)c4CO)cn(C)c3=O)nc2)CCN1C1COC1. The molecule has 3 aromatic heterocycles. The van der Waals surface area contributed by atoms with Gasteiger partial charge in [0.05, 0.1) is 43.4 Å². The zero-order valence-corrected chi connectivity index (χ0v) is 30.2. The number of carbonyl (C=O) groups is 1. The van der Waals surface area contributed by atoms with Crippen molar-refractivity contribution in [2.45, 2.75) is 58.8 Å². The second-order valence-electron chi connectivity index (χ2n) is 15.2. The number of hydrogen-bond donors (Lipinski definition) is 2. The van der Waals surface area contributed by atoms with Crippen LogP contribution in [0.5, 0.6) is 0 Å². The van der Waals surface area contributed by atoms with Gasteiger partial charge < -0.3 is 34.1 Å². The van der Waals surface area contributed by atoms with Gasteiger partial charge in [-0.05, 0) is 72.7 Å². The van der Waals surface area contributed by atoms with Gasteiger partial charge in [-0.1, -0.05) is 13.8 Å². The highest BCUT2D eigenvalue weighted by Gasteiger charge is 2.34. The van der Waals surface area contributed by atoms with Crippen molar-refractivity contribution in [3.05, 3.63) is 87.5 Å². The van der Waals surface area contributed by atoms with Crippen LogP contribution in [0.2, 0.25) is 0 Å². The van der Waals surface area contributed by atoms with Crippen molar-refractivity contribution in [3.63, 3.8) is 0 Å². The van der Waals surface area contributed by atoms with E-state index in [1.807, 2.05) is 36.3 Å². The van der Waals surface area contributed by atoms with Crippen LogP contribution >= 0.6 is 0 Å². The van der Waals surface area contributed by atoms with Crippen LogP contribution in [-0.2, 0) is 37.8 Å². The van der Waals surface area contributed by atoms with Crippen molar-refractivity contribution < 1.29 is 19.0 Å². The Hall–Kier alpha value is -4.52. The molecule has 270 valence electrons. The van der Waals surface area contributed by atoms with Crippen LogP contribution in [0.4, 0.5) is 27.3 Å². The molecule has 2 fully saturated rings. The van der Waals surface area contributed by atoms with Gasteiger partial charge in [-0.3, -0.25) is 14.5 Å². The smallest absolute Gasteiger partial charge is 0.274 e. The van der Waals surface area contributed by atoms with Gasteiger partial charge in [-0.25, -0.2) is 9.37 Å². The van der Waals surface area contributed by atoms with Crippen LogP contribution in [0.25, 0.3) is 11.1 Å². The van der Waals surface area contributed by atoms with Gasteiger partial charge in [-0.2, -0.15) is 0 Å². The molecule has 4 aromatic rings. The van der Waals surface area contributed by atoms with E-state index in [-0.39, 0.29) is 23.3 Å². The summed E-state index contributed by atoms with van der Waals surface area (Å²) in [6, 6.07) is 11.3. The van der Waals surface area contributed by atoms with Crippen LogP contribution in [0.15, 0.2) is 53.6 Å².